The summed E-state index contributed by atoms with van der Waals surface area (Å²) >= 11 is 11.0. The Morgan fingerprint density at radius 2 is 2.17 bits per heavy atom. The van der Waals surface area contributed by atoms with Gasteiger partial charge in [0.25, 0.3) is 0 Å². The first-order chi connectivity index (χ1) is 5.65. The van der Waals surface area contributed by atoms with Crippen molar-refractivity contribution in [2.75, 3.05) is 0 Å². The molecule has 1 rings (SSSR count). The fourth-order valence-corrected chi connectivity index (χ4v) is 1.18. The number of nitrogens with zero attached hydrogens (tertiary/aromatic N) is 1. The van der Waals surface area contributed by atoms with E-state index in [1.807, 2.05) is 0 Å². The van der Waals surface area contributed by atoms with Crippen LogP contribution in [0.5, 0.6) is 0 Å². The summed E-state index contributed by atoms with van der Waals surface area (Å²) in [5.41, 5.74) is 0.294. The van der Waals surface area contributed by atoms with E-state index in [-0.39, 0.29) is 10.2 Å². The third-order valence-corrected chi connectivity index (χ3v) is 1.83. The largest absolute Gasteiger partial charge is 0.410 e. The zero-order chi connectivity index (χ0) is 9.14. The summed E-state index contributed by atoms with van der Waals surface area (Å²) in [6.45, 7) is 0. The monoisotopic (exact) mass is 207 g/mol. The predicted octanol–water partition coefficient (Wildman–Crippen LogP) is 2.85. The Kier molecular flexibility index (Phi) is 2.89. The van der Waals surface area contributed by atoms with Crippen LogP contribution in [0, 0.1) is 5.82 Å². The molecule has 5 heteroatoms. The van der Waals surface area contributed by atoms with Gasteiger partial charge < -0.3 is 5.21 Å². The van der Waals surface area contributed by atoms with Gasteiger partial charge in [-0.25, -0.2) is 4.39 Å². The fourth-order valence-electron chi connectivity index (χ4n) is 0.711. The van der Waals surface area contributed by atoms with Crippen LogP contribution < -0.4 is 0 Å². The summed E-state index contributed by atoms with van der Waals surface area (Å²) in [5, 5.41) is 11.0. The molecular weight excluding hydrogens is 204 g/mol. The first-order valence-electron chi connectivity index (χ1n) is 2.98. The molecule has 0 unspecified atom stereocenters. The zero-order valence-corrected chi connectivity index (χ0v) is 7.27. The molecule has 0 saturated carbocycles. The summed E-state index contributed by atoms with van der Waals surface area (Å²) < 4.78 is 12.5. The van der Waals surface area contributed by atoms with Gasteiger partial charge in [0.2, 0.25) is 0 Å². The lowest BCUT2D eigenvalue weighted by molar-refractivity contribution is 0.321. The highest BCUT2D eigenvalue weighted by Gasteiger charge is 2.06. The smallest absolute Gasteiger partial charge is 0.176 e. The van der Waals surface area contributed by atoms with Crippen molar-refractivity contribution in [1.29, 1.82) is 0 Å². The second kappa shape index (κ2) is 3.74. The third-order valence-electron chi connectivity index (χ3n) is 1.24. The van der Waals surface area contributed by atoms with Crippen molar-refractivity contribution in [2.45, 2.75) is 0 Å². The van der Waals surface area contributed by atoms with Crippen LogP contribution in [0.25, 0.3) is 0 Å². The van der Waals surface area contributed by atoms with Gasteiger partial charge in [-0.3, -0.25) is 0 Å². The van der Waals surface area contributed by atoms with Gasteiger partial charge in [-0.1, -0.05) is 28.4 Å². The van der Waals surface area contributed by atoms with Crippen LogP contribution in [0.3, 0.4) is 0 Å². The topological polar surface area (TPSA) is 32.6 Å². The van der Waals surface area contributed by atoms with Crippen LogP contribution in [0.1, 0.15) is 5.56 Å². The van der Waals surface area contributed by atoms with E-state index in [1.165, 1.54) is 12.1 Å². The quantitative estimate of drug-likeness (QED) is 0.429. The summed E-state index contributed by atoms with van der Waals surface area (Å²) in [6, 6.07) is 3.60. The van der Waals surface area contributed by atoms with Crippen LogP contribution in [0.4, 0.5) is 4.39 Å². The maximum atomic E-state index is 12.5. The highest BCUT2D eigenvalue weighted by atomic mass is 35.5. The summed E-state index contributed by atoms with van der Waals surface area (Å²) in [7, 11) is 0. The molecule has 0 fully saturated rings. The van der Waals surface area contributed by atoms with Gasteiger partial charge in [0, 0.05) is 5.56 Å². The van der Waals surface area contributed by atoms with E-state index < -0.39 is 5.82 Å². The molecule has 64 valence electrons. The summed E-state index contributed by atoms with van der Waals surface area (Å²) in [5.74, 6) is -0.467. The van der Waals surface area contributed by atoms with E-state index in [9.17, 15) is 4.39 Å². The van der Waals surface area contributed by atoms with E-state index in [4.69, 9.17) is 28.4 Å². The maximum Gasteiger partial charge on any atom is 0.176 e. The lowest BCUT2D eigenvalue weighted by Gasteiger charge is -1.98. The maximum absolute atomic E-state index is 12.5. The Bertz CT molecular complexity index is 327. The van der Waals surface area contributed by atoms with Gasteiger partial charge >= 0.3 is 0 Å². The Balaban J connectivity index is 3.18. The second-order valence-electron chi connectivity index (χ2n) is 2.01. The van der Waals surface area contributed by atoms with Crippen LogP contribution in [-0.2, 0) is 0 Å². The molecule has 1 aromatic carbocycles. The van der Waals surface area contributed by atoms with E-state index >= 15 is 0 Å². The zero-order valence-electron chi connectivity index (χ0n) is 5.76. The van der Waals surface area contributed by atoms with Gasteiger partial charge in [-0.2, -0.15) is 0 Å². The molecule has 0 aliphatic rings. The molecule has 0 spiro atoms. The van der Waals surface area contributed by atoms with Gasteiger partial charge in [-0.15, -0.1) is 0 Å². The van der Waals surface area contributed by atoms with Crippen molar-refractivity contribution >= 4 is 28.4 Å². The van der Waals surface area contributed by atoms with E-state index in [0.29, 0.717) is 5.56 Å². The summed E-state index contributed by atoms with van der Waals surface area (Å²) in [4.78, 5) is 0. The van der Waals surface area contributed by atoms with Crippen molar-refractivity contribution in [1.82, 2.24) is 0 Å². The van der Waals surface area contributed by atoms with Crippen LogP contribution in [0.2, 0.25) is 5.02 Å². The van der Waals surface area contributed by atoms with Crippen molar-refractivity contribution in [3.05, 3.63) is 34.6 Å². The average molecular weight is 208 g/mol. The first kappa shape index (κ1) is 9.29. The number of hydrogen-bond donors (Lipinski definition) is 1. The van der Waals surface area contributed by atoms with Gasteiger partial charge in [0.05, 0.1) is 5.02 Å². The molecule has 0 atom stereocenters. The molecule has 12 heavy (non-hydrogen) atoms. The lowest BCUT2D eigenvalue weighted by atomic mass is 10.2. The molecule has 0 aliphatic heterocycles. The molecule has 0 heterocycles. The van der Waals surface area contributed by atoms with Gasteiger partial charge in [0.1, 0.15) is 5.82 Å². The van der Waals surface area contributed by atoms with Crippen molar-refractivity contribution in [3.8, 4) is 0 Å². The number of oxime groups is 1. The molecule has 1 aromatic rings. The molecule has 2 nitrogen and oxygen atoms in total. The number of benzene rings is 1. The molecule has 0 saturated heterocycles. The minimum absolute atomic E-state index is 0.109. The molecule has 1 N–H and O–H groups in total. The summed E-state index contributed by atoms with van der Waals surface area (Å²) in [6.07, 6.45) is 0. The van der Waals surface area contributed by atoms with Gasteiger partial charge in [0.15, 0.2) is 5.17 Å². The predicted molar refractivity (Wildman–Crippen MR) is 45.6 cm³/mol. The molecule has 0 aromatic heterocycles. The lowest BCUT2D eigenvalue weighted by Crippen LogP contribution is -1.92. The Hall–Kier alpha value is -0.800. The van der Waals surface area contributed by atoms with E-state index in [2.05, 4.69) is 5.16 Å². The Morgan fingerprint density at radius 3 is 2.67 bits per heavy atom. The van der Waals surface area contributed by atoms with E-state index in [0.717, 1.165) is 6.07 Å². The highest BCUT2D eigenvalue weighted by molar-refractivity contribution is 6.70. The van der Waals surface area contributed by atoms with Crippen LogP contribution in [-0.4, -0.2) is 10.4 Å². The van der Waals surface area contributed by atoms with Crippen molar-refractivity contribution in [2.24, 2.45) is 5.16 Å². The minimum atomic E-state index is -0.467. The molecular formula is C7H4Cl2FNO. The van der Waals surface area contributed by atoms with Crippen LogP contribution >= 0.6 is 23.2 Å². The van der Waals surface area contributed by atoms with Crippen molar-refractivity contribution < 1.29 is 9.60 Å². The molecule has 0 radical (unpaired) electrons. The number of rotatable bonds is 1. The standard InChI is InChI=1S/C7H4Cl2FNO/c8-6-3-4(10)1-2-5(6)7(9)11-12/h1-3,12H/b11-7-. The minimum Gasteiger partial charge on any atom is -0.410 e. The highest BCUT2D eigenvalue weighted by Crippen LogP contribution is 2.19. The molecule has 0 aliphatic carbocycles. The first-order valence-corrected chi connectivity index (χ1v) is 3.73. The fraction of sp³-hybridized carbons (Fsp3) is 0. The van der Waals surface area contributed by atoms with Crippen LogP contribution in [0.15, 0.2) is 23.4 Å². The SMILES string of the molecule is O/N=C(\Cl)c1ccc(F)cc1Cl. The Labute approximate surface area is 78.2 Å². The average Bonchev–Trinajstić information content (AvgIpc) is 2.03. The molecule has 0 amide bonds. The van der Waals surface area contributed by atoms with E-state index in [1.54, 1.807) is 0 Å². The second-order valence-corrected chi connectivity index (χ2v) is 2.78. The number of hydrogen-bond acceptors (Lipinski definition) is 2. The number of halogens is 3. The normalized spacial score (nSPS) is 11.8. The van der Waals surface area contributed by atoms with Crippen molar-refractivity contribution in [3.63, 3.8) is 0 Å². The van der Waals surface area contributed by atoms with Gasteiger partial charge in [-0.05, 0) is 18.2 Å². The molecule has 0 bridgehead atoms. The Morgan fingerprint density at radius 1 is 1.50 bits per heavy atom. The third kappa shape index (κ3) is 1.87.